The first-order valence-corrected chi connectivity index (χ1v) is 25.5. The van der Waals surface area contributed by atoms with Gasteiger partial charge in [0.05, 0.1) is 0 Å². The fraction of sp³-hybridized carbons (Fsp3) is 0.136. The van der Waals surface area contributed by atoms with Crippen LogP contribution < -0.4 is 0 Å². The van der Waals surface area contributed by atoms with Crippen LogP contribution in [0.5, 0.6) is 0 Å². The Labute approximate surface area is 320 Å². The Morgan fingerprint density at radius 3 is 1.61 bits per heavy atom. The number of fused-ring (bicyclic) bond motifs is 4. The average Bonchev–Trinajstić information content (AvgIpc) is 3.74. The van der Waals surface area contributed by atoms with Crippen LogP contribution in [0.15, 0.2) is 144 Å². The van der Waals surface area contributed by atoms with Crippen molar-refractivity contribution in [2.24, 2.45) is 0 Å². The van der Waals surface area contributed by atoms with Gasteiger partial charge in [-0.25, -0.2) is 0 Å². The SMILES string of the molecule is CC(C)c1cc2c(-c3cccc4ccccc34)cccc2[cH-]1.C[Si]C.Cc1cc2c(-c3cccc4ccccc34)ccc(Br)c2[cH-]1.[Cl][Zr+2][Cl]. The van der Waals surface area contributed by atoms with Crippen LogP contribution in [-0.4, -0.2) is 9.52 Å². The van der Waals surface area contributed by atoms with Crippen molar-refractivity contribution in [2.45, 2.75) is 39.8 Å². The summed E-state index contributed by atoms with van der Waals surface area (Å²) in [5.41, 5.74) is 7.99. The second-order valence-corrected chi connectivity index (χ2v) is 17.9. The minimum absolute atomic E-state index is 0.563. The molecular weight excluding hydrogens is 799 g/mol. The molecule has 0 aromatic heterocycles. The molecule has 5 heteroatoms. The van der Waals surface area contributed by atoms with Gasteiger partial charge >= 0.3 is 37.9 Å². The summed E-state index contributed by atoms with van der Waals surface area (Å²) in [4.78, 5) is 0. The molecule has 0 aliphatic rings. The number of hydrogen-bond donors (Lipinski definition) is 0. The second kappa shape index (κ2) is 17.9. The zero-order valence-electron chi connectivity index (χ0n) is 28.5. The molecule has 0 amide bonds. The predicted molar refractivity (Wildman–Crippen MR) is 221 cm³/mol. The quantitative estimate of drug-likeness (QED) is 0.123. The number of benzene rings is 6. The molecular formula is C44H39BrCl2SiZr. The Kier molecular flexibility index (Phi) is 13.7. The molecule has 2 radical (unpaired) electrons. The van der Waals surface area contributed by atoms with Gasteiger partial charge in [-0.3, -0.25) is 0 Å². The molecule has 0 saturated carbocycles. The maximum atomic E-state index is 4.93. The molecule has 0 atom stereocenters. The van der Waals surface area contributed by atoms with Crippen molar-refractivity contribution in [3.63, 3.8) is 0 Å². The zero-order valence-corrected chi connectivity index (χ0v) is 35.0. The molecule has 0 aliphatic heterocycles. The zero-order chi connectivity index (χ0) is 34.9. The third-order valence-corrected chi connectivity index (χ3v) is 9.27. The predicted octanol–water partition coefficient (Wildman–Crippen LogP) is 15.1. The number of rotatable bonds is 3. The molecule has 0 bridgehead atoms. The Balaban J connectivity index is 0.000000165. The van der Waals surface area contributed by atoms with E-state index in [1.165, 1.54) is 76.5 Å². The Bertz CT molecular complexity index is 2290. The molecule has 0 N–H and O–H groups in total. The van der Waals surface area contributed by atoms with Crippen molar-refractivity contribution in [3.05, 3.63) is 155 Å². The number of hydrogen-bond acceptors (Lipinski definition) is 0. The van der Waals surface area contributed by atoms with Crippen molar-refractivity contribution < 1.29 is 20.8 Å². The fourth-order valence-corrected chi connectivity index (χ4v) is 6.85. The molecule has 0 saturated heterocycles. The second-order valence-electron chi connectivity index (χ2n) is 12.3. The Morgan fingerprint density at radius 2 is 1.06 bits per heavy atom. The molecule has 0 aliphatic carbocycles. The van der Waals surface area contributed by atoms with Crippen LogP contribution in [0.3, 0.4) is 0 Å². The third-order valence-electron chi connectivity index (χ3n) is 8.58. The molecule has 0 fully saturated rings. The summed E-state index contributed by atoms with van der Waals surface area (Å²) >= 11 is 2.84. The first-order chi connectivity index (χ1) is 23.8. The van der Waals surface area contributed by atoms with E-state index in [9.17, 15) is 0 Å². The van der Waals surface area contributed by atoms with Crippen LogP contribution in [0.2, 0.25) is 13.1 Å². The maximum absolute atomic E-state index is 4.93. The molecule has 8 aromatic carbocycles. The molecule has 8 aromatic rings. The van der Waals surface area contributed by atoms with Gasteiger partial charge in [0.1, 0.15) is 0 Å². The summed E-state index contributed by atoms with van der Waals surface area (Å²) in [6, 6.07) is 50.5. The number of halogens is 3. The van der Waals surface area contributed by atoms with Gasteiger partial charge in [0, 0.05) is 9.52 Å². The molecule has 0 nitrogen and oxygen atoms in total. The molecule has 49 heavy (non-hydrogen) atoms. The van der Waals surface area contributed by atoms with Gasteiger partial charge in [0.2, 0.25) is 0 Å². The van der Waals surface area contributed by atoms with Crippen LogP contribution in [0, 0.1) is 6.92 Å². The topological polar surface area (TPSA) is 0 Å². The van der Waals surface area contributed by atoms with Crippen LogP contribution in [0.25, 0.3) is 65.3 Å². The van der Waals surface area contributed by atoms with Gasteiger partial charge in [-0.1, -0.05) is 153 Å². The van der Waals surface area contributed by atoms with Crippen LogP contribution in [0.4, 0.5) is 0 Å². The minimum atomic E-state index is -0.826. The van der Waals surface area contributed by atoms with E-state index in [0.29, 0.717) is 5.92 Å². The standard InChI is InChI=1S/C22H19.C20H14Br.C2H6Si.2ClH.Zr/c1-15(2)18-13-17-9-6-12-21(22(17)14-18)20-11-5-8-16-7-3-4-10-19(16)20;1-13-11-18-17(9-10-20(21)19(18)12-13)16-8-4-6-14-5-2-3-7-15(14)16;1-3-2;;;/h3-15H,1-2H3;2-12H,1H3;1-2H3;2*1H;/q2*-1;;;;+4/p-2. The van der Waals surface area contributed by atoms with E-state index >= 15 is 0 Å². The molecule has 0 heterocycles. The normalized spacial score (nSPS) is 10.6. The van der Waals surface area contributed by atoms with E-state index in [0.717, 1.165) is 14.0 Å². The van der Waals surface area contributed by atoms with Crippen molar-refractivity contribution in [2.75, 3.05) is 0 Å². The van der Waals surface area contributed by atoms with E-state index in [4.69, 9.17) is 17.0 Å². The molecule has 244 valence electrons. The Hall–Kier alpha value is -2.78. The third kappa shape index (κ3) is 8.76. The van der Waals surface area contributed by atoms with Crippen molar-refractivity contribution in [3.8, 4) is 22.3 Å². The first kappa shape index (κ1) is 37.5. The number of aryl methyl sites for hydroxylation is 1. The van der Waals surface area contributed by atoms with E-state index in [1.54, 1.807) is 0 Å². The molecule has 0 spiro atoms. The summed E-state index contributed by atoms with van der Waals surface area (Å²) in [7, 11) is 11.0. The van der Waals surface area contributed by atoms with E-state index in [-0.39, 0.29) is 0 Å². The van der Waals surface area contributed by atoms with E-state index in [1.807, 2.05) is 0 Å². The Morgan fingerprint density at radius 1 is 0.592 bits per heavy atom. The van der Waals surface area contributed by atoms with Crippen molar-refractivity contribution >= 4 is 85.6 Å². The molecule has 0 unspecified atom stereocenters. The van der Waals surface area contributed by atoms with E-state index < -0.39 is 20.8 Å². The van der Waals surface area contributed by atoms with Gasteiger partial charge in [0.25, 0.3) is 0 Å². The summed E-state index contributed by atoms with van der Waals surface area (Å²) in [5.74, 6) is 0.563. The van der Waals surface area contributed by atoms with E-state index in [2.05, 4.69) is 189 Å². The van der Waals surface area contributed by atoms with Crippen molar-refractivity contribution in [1.29, 1.82) is 0 Å². The summed E-state index contributed by atoms with van der Waals surface area (Å²) in [6.07, 6.45) is 0. The fourth-order valence-electron chi connectivity index (χ4n) is 6.39. The van der Waals surface area contributed by atoms with Gasteiger partial charge in [0.15, 0.2) is 0 Å². The van der Waals surface area contributed by atoms with Gasteiger partial charge in [-0.2, -0.15) is 12.1 Å². The van der Waals surface area contributed by atoms with Gasteiger partial charge in [-0.05, 0) is 38.6 Å². The summed E-state index contributed by atoms with van der Waals surface area (Å²) in [6.45, 7) is 11.0. The van der Waals surface area contributed by atoms with Crippen LogP contribution in [0.1, 0.15) is 30.9 Å². The van der Waals surface area contributed by atoms with Gasteiger partial charge < -0.3 is 0 Å². The van der Waals surface area contributed by atoms with Crippen molar-refractivity contribution in [1.82, 2.24) is 0 Å². The van der Waals surface area contributed by atoms with Crippen LogP contribution in [-0.2, 0) is 20.8 Å². The monoisotopic (exact) mass is 834 g/mol. The summed E-state index contributed by atoms with van der Waals surface area (Å²) in [5, 5.41) is 10.5. The summed E-state index contributed by atoms with van der Waals surface area (Å²) < 4.78 is 1.16. The van der Waals surface area contributed by atoms with Crippen LogP contribution >= 0.6 is 33.0 Å². The molecule has 8 rings (SSSR count). The first-order valence-electron chi connectivity index (χ1n) is 16.4. The van der Waals surface area contributed by atoms with Gasteiger partial charge in [-0.15, -0.1) is 72.9 Å². The average molecular weight is 838 g/mol.